The number of aromatic nitrogens is 4. The quantitative estimate of drug-likeness (QED) is 0.763. The summed E-state index contributed by atoms with van der Waals surface area (Å²) in [5, 5.41) is 13.9. The smallest absolute Gasteiger partial charge is 0.255 e. The van der Waals surface area contributed by atoms with E-state index in [1.54, 1.807) is 6.20 Å². The Morgan fingerprint density at radius 3 is 3.04 bits per heavy atom. The Morgan fingerprint density at radius 1 is 1.44 bits per heavy atom. The van der Waals surface area contributed by atoms with E-state index in [0.717, 1.165) is 30.4 Å². The van der Waals surface area contributed by atoms with E-state index in [1.807, 2.05) is 26.0 Å². The van der Waals surface area contributed by atoms with Crippen molar-refractivity contribution in [3.05, 3.63) is 52.7 Å². The van der Waals surface area contributed by atoms with Crippen molar-refractivity contribution < 1.29 is 9.32 Å². The number of nitrogens with one attached hydrogen (secondary N) is 2. The first-order valence-electron chi connectivity index (χ1n) is 8.42. The number of nitrogens with zero attached hydrogens (tertiary/aromatic N) is 3. The molecule has 3 aromatic rings. The van der Waals surface area contributed by atoms with Crippen LogP contribution >= 0.6 is 0 Å². The van der Waals surface area contributed by atoms with Gasteiger partial charge in [0.1, 0.15) is 0 Å². The van der Waals surface area contributed by atoms with Crippen LogP contribution in [-0.2, 0) is 12.8 Å². The van der Waals surface area contributed by atoms with Crippen LogP contribution in [0, 0.1) is 6.92 Å². The third-order valence-corrected chi connectivity index (χ3v) is 4.63. The van der Waals surface area contributed by atoms with Gasteiger partial charge in [-0.3, -0.25) is 9.89 Å². The van der Waals surface area contributed by atoms with Gasteiger partial charge in [0.15, 0.2) is 0 Å². The van der Waals surface area contributed by atoms with Gasteiger partial charge in [-0.25, -0.2) is 0 Å². The van der Waals surface area contributed by atoms with Crippen molar-refractivity contribution in [1.29, 1.82) is 0 Å². The summed E-state index contributed by atoms with van der Waals surface area (Å²) in [4.78, 5) is 16.8. The van der Waals surface area contributed by atoms with Crippen molar-refractivity contribution in [3.8, 4) is 11.4 Å². The second-order valence-electron chi connectivity index (χ2n) is 6.23. The van der Waals surface area contributed by atoms with Crippen molar-refractivity contribution in [2.24, 2.45) is 0 Å². The summed E-state index contributed by atoms with van der Waals surface area (Å²) in [7, 11) is 0. The molecule has 7 nitrogen and oxygen atoms in total. The van der Waals surface area contributed by atoms with Gasteiger partial charge in [0.2, 0.25) is 11.7 Å². The number of rotatable bonds is 4. The number of fused-ring (bicyclic) bond motifs is 1. The number of aryl methyl sites for hydroxylation is 3. The molecule has 2 aromatic heterocycles. The highest BCUT2D eigenvalue weighted by molar-refractivity contribution is 5.95. The molecule has 7 heteroatoms. The monoisotopic (exact) mass is 337 g/mol. The number of carbonyl (C=O) groups is 1. The maximum absolute atomic E-state index is 12.4. The number of hydrogen-bond donors (Lipinski definition) is 2. The molecule has 2 N–H and O–H groups in total. The molecule has 0 radical (unpaired) electrons. The van der Waals surface area contributed by atoms with E-state index in [9.17, 15) is 4.79 Å². The lowest BCUT2D eigenvalue weighted by atomic mass is 10.0. The maximum Gasteiger partial charge on any atom is 0.255 e. The lowest BCUT2D eigenvalue weighted by Gasteiger charge is -2.14. The highest BCUT2D eigenvalue weighted by atomic mass is 16.5. The van der Waals surface area contributed by atoms with Crippen LogP contribution in [0.5, 0.6) is 0 Å². The van der Waals surface area contributed by atoms with E-state index in [1.165, 1.54) is 5.56 Å². The van der Waals surface area contributed by atoms with Gasteiger partial charge in [0.25, 0.3) is 5.91 Å². The highest BCUT2D eigenvalue weighted by Crippen LogP contribution is 2.34. The standard InChI is InChI=1S/C18H19N5O2/c1-3-16-21-17(23-25-16)12-4-6-13-11(8-12)5-7-15(13)20-18(24)14-9-19-22-10(14)2/h4,6,8-9,15H,3,5,7H2,1-2H3,(H,19,22)(H,20,24). The second-order valence-corrected chi connectivity index (χ2v) is 6.23. The fourth-order valence-electron chi connectivity index (χ4n) is 3.25. The molecular weight excluding hydrogens is 318 g/mol. The number of H-pyrrole nitrogens is 1. The third kappa shape index (κ3) is 2.82. The van der Waals surface area contributed by atoms with E-state index < -0.39 is 0 Å². The Hall–Kier alpha value is -2.96. The summed E-state index contributed by atoms with van der Waals surface area (Å²) >= 11 is 0. The zero-order valence-corrected chi connectivity index (χ0v) is 14.2. The highest BCUT2D eigenvalue weighted by Gasteiger charge is 2.26. The second kappa shape index (κ2) is 6.16. The fraction of sp³-hybridized carbons (Fsp3) is 0.333. The molecule has 1 aliphatic carbocycles. The third-order valence-electron chi connectivity index (χ3n) is 4.63. The van der Waals surface area contributed by atoms with Crippen molar-refractivity contribution in [3.63, 3.8) is 0 Å². The lowest BCUT2D eigenvalue weighted by molar-refractivity contribution is 0.0936. The van der Waals surface area contributed by atoms with Gasteiger partial charge in [-0.15, -0.1) is 0 Å². The average molecular weight is 337 g/mol. The Balaban J connectivity index is 1.55. The average Bonchev–Trinajstić information content (AvgIpc) is 3.34. The summed E-state index contributed by atoms with van der Waals surface area (Å²) in [5.41, 5.74) is 4.60. The van der Waals surface area contributed by atoms with Crippen LogP contribution in [-0.4, -0.2) is 26.2 Å². The minimum Gasteiger partial charge on any atom is -0.345 e. The van der Waals surface area contributed by atoms with Crippen LogP contribution in [0.15, 0.2) is 28.9 Å². The van der Waals surface area contributed by atoms with Crippen molar-refractivity contribution >= 4 is 5.91 Å². The predicted molar refractivity (Wildman–Crippen MR) is 91.0 cm³/mol. The SMILES string of the molecule is CCc1nc(-c2ccc3c(c2)CCC3NC(=O)c2c[nH]nc2C)no1. The molecular formula is C18H19N5O2. The Labute approximate surface area is 144 Å². The van der Waals surface area contributed by atoms with Crippen molar-refractivity contribution in [2.45, 2.75) is 39.2 Å². The molecule has 1 aromatic carbocycles. The van der Waals surface area contributed by atoms with Crippen LogP contribution in [0.25, 0.3) is 11.4 Å². The summed E-state index contributed by atoms with van der Waals surface area (Å²) in [6.07, 6.45) is 4.15. The first-order chi connectivity index (χ1) is 12.2. The van der Waals surface area contributed by atoms with Gasteiger partial charge in [-0.05, 0) is 37.0 Å². The fourth-order valence-corrected chi connectivity index (χ4v) is 3.25. The van der Waals surface area contributed by atoms with Gasteiger partial charge in [0, 0.05) is 18.2 Å². The molecule has 0 fully saturated rings. The summed E-state index contributed by atoms with van der Waals surface area (Å²) < 4.78 is 5.19. The number of benzene rings is 1. The summed E-state index contributed by atoms with van der Waals surface area (Å²) in [6, 6.07) is 6.14. The van der Waals surface area contributed by atoms with Crippen LogP contribution in [0.4, 0.5) is 0 Å². The molecule has 1 unspecified atom stereocenters. The van der Waals surface area contributed by atoms with Gasteiger partial charge < -0.3 is 9.84 Å². The molecule has 0 spiro atoms. The first-order valence-corrected chi connectivity index (χ1v) is 8.42. The van der Waals surface area contributed by atoms with E-state index in [0.29, 0.717) is 23.0 Å². The van der Waals surface area contributed by atoms with Gasteiger partial charge in [0.05, 0.1) is 17.3 Å². The zero-order valence-electron chi connectivity index (χ0n) is 14.2. The van der Waals surface area contributed by atoms with Crippen LogP contribution < -0.4 is 5.32 Å². The van der Waals surface area contributed by atoms with Crippen molar-refractivity contribution in [1.82, 2.24) is 25.7 Å². The van der Waals surface area contributed by atoms with Crippen LogP contribution in [0.1, 0.15) is 52.5 Å². The molecule has 2 heterocycles. The predicted octanol–water partition coefficient (Wildman–Crippen LogP) is 2.75. The summed E-state index contributed by atoms with van der Waals surface area (Å²) in [5.74, 6) is 1.15. The van der Waals surface area contributed by atoms with Crippen LogP contribution in [0.2, 0.25) is 0 Å². The normalized spacial score (nSPS) is 16.0. The number of hydrogen-bond acceptors (Lipinski definition) is 5. The minimum atomic E-state index is -0.0982. The van der Waals surface area contributed by atoms with E-state index in [-0.39, 0.29) is 11.9 Å². The molecule has 0 bridgehead atoms. The maximum atomic E-state index is 12.4. The Bertz CT molecular complexity index is 927. The molecule has 1 atom stereocenters. The molecule has 0 aliphatic heterocycles. The molecule has 25 heavy (non-hydrogen) atoms. The van der Waals surface area contributed by atoms with Crippen LogP contribution in [0.3, 0.4) is 0 Å². The van der Waals surface area contributed by atoms with E-state index in [4.69, 9.17) is 4.52 Å². The first kappa shape index (κ1) is 15.6. The molecule has 1 aliphatic rings. The van der Waals surface area contributed by atoms with Gasteiger partial charge in [-0.2, -0.15) is 10.1 Å². The van der Waals surface area contributed by atoms with Crippen molar-refractivity contribution in [2.75, 3.05) is 0 Å². The summed E-state index contributed by atoms with van der Waals surface area (Å²) in [6.45, 7) is 3.80. The van der Waals surface area contributed by atoms with Gasteiger partial charge >= 0.3 is 0 Å². The minimum absolute atomic E-state index is 0.0160. The zero-order chi connectivity index (χ0) is 17.4. The molecule has 0 saturated heterocycles. The van der Waals surface area contributed by atoms with E-state index in [2.05, 4.69) is 31.7 Å². The topological polar surface area (TPSA) is 96.7 Å². The van der Waals surface area contributed by atoms with Gasteiger partial charge in [-0.1, -0.05) is 24.2 Å². The Morgan fingerprint density at radius 2 is 2.32 bits per heavy atom. The Kier molecular flexibility index (Phi) is 3.83. The number of aromatic amines is 1. The number of carbonyl (C=O) groups excluding carboxylic acids is 1. The largest absolute Gasteiger partial charge is 0.345 e. The molecule has 0 saturated carbocycles. The lowest BCUT2D eigenvalue weighted by Crippen LogP contribution is -2.27. The number of amides is 1. The van der Waals surface area contributed by atoms with E-state index >= 15 is 0 Å². The molecule has 128 valence electrons. The molecule has 4 rings (SSSR count). The molecule has 1 amide bonds.